The maximum atomic E-state index is 13.2. The Balaban J connectivity index is 2.01. The first-order chi connectivity index (χ1) is 14.3. The Hall–Kier alpha value is -3.29. The fourth-order valence-electron chi connectivity index (χ4n) is 2.47. The molecular formula is C22H22ClN5O2. The molecule has 0 saturated heterocycles. The first kappa shape index (κ1) is 21.4. The summed E-state index contributed by atoms with van der Waals surface area (Å²) in [5.41, 5.74) is 0.427. The summed E-state index contributed by atoms with van der Waals surface area (Å²) in [5, 5.41) is 13.3. The fraction of sp³-hybridized carbons (Fsp3) is 0.182. The van der Waals surface area contributed by atoms with E-state index in [0.717, 1.165) is 0 Å². The van der Waals surface area contributed by atoms with Crippen LogP contribution in [0.25, 0.3) is 0 Å². The van der Waals surface area contributed by atoms with Crippen molar-refractivity contribution < 1.29 is 9.90 Å². The van der Waals surface area contributed by atoms with Crippen molar-refractivity contribution in [1.29, 1.82) is 0 Å². The summed E-state index contributed by atoms with van der Waals surface area (Å²) in [6.07, 6.45) is 1.51. The molecule has 3 aromatic rings. The van der Waals surface area contributed by atoms with Gasteiger partial charge in [-0.15, -0.1) is 0 Å². The summed E-state index contributed by atoms with van der Waals surface area (Å²) in [6.45, 7) is 4.95. The van der Waals surface area contributed by atoms with E-state index in [1.165, 1.54) is 11.1 Å². The SMILES string of the molecule is CC(=Nc1nccc(N(C(=O)Nc2ccccc2Cl)c2ccccc2)n1)C(C)(C)O. The van der Waals surface area contributed by atoms with Crippen LogP contribution in [0.2, 0.25) is 5.02 Å². The van der Waals surface area contributed by atoms with Gasteiger partial charge in [0, 0.05) is 18.0 Å². The van der Waals surface area contributed by atoms with Gasteiger partial charge >= 0.3 is 6.03 Å². The van der Waals surface area contributed by atoms with Gasteiger partial charge in [-0.05, 0) is 45.0 Å². The fourth-order valence-corrected chi connectivity index (χ4v) is 2.65. The van der Waals surface area contributed by atoms with Crippen LogP contribution in [0.5, 0.6) is 0 Å². The molecular weight excluding hydrogens is 402 g/mol. The van der Waals surface area contributed by atoms with Crippen LogP contribution in [0.4, 0.5) is 27.9 Å². The minimum absolute atomic E-state index is 0.138. The molecule has 0 aliphatic heterocycles. The first-order valence-electron chi connectivity index (χ1n) is 9.27. The van der Waals surface area contributed by atoms with Crippen molar-refractivity contribution in [3.63, 3.8) is 0 Å². The number of aromatic nitrogens is 2. The second-order valence-corrected chi connectivity index (χ2v) is 7.46. The monoisotopic (exact) mass is 423 g/mol. The van der Waals surface area contributed by atoms with E-state index in [2.05, 4.69) is 20.3 Å². The molecule has 0 radical (unpaired) electrons. The van der Waals surface area contributed by atoms with Crippen LogP contribution in [-0.2, 0) is 0 Å². The van der Waals surface area contributed by atoms with Crippen molar-refractivity contribution in [1.82, 2.24) is 9.97 Å². The number of hydrogen-bond acceptors (Lipinski definition) is 5. The summed E-state index contributed by atoms with van der Waals surface area (Å²) in [4.78, 5) is 27.4. The molecule has 7 nitrogen and oxygen atoms in total. The van der Waals surface area contributed by atoms with Crippen molar-refractivity contribution in [2.24, 2.45) is 4.99 Å². The molecule has 0 fully saturated rings. The van der Waals surface area contributed by atoms with Gasteiger partial charge in [-0.1, -0.05) is 41.9 Å². The number of urea groups is 1. The summed E-state index contributed by atoms with van der Waals surface area (Å²) in [6, 6.07) is 17.2. The van der Waals surface area contributed by atoms with Gasteiger partial charge in [-0.3, -0.25) is 0 Å². The number of aliphatic imine (C=N–C) groups is 1. The van der Waals surface area contributed by atoms with Gasteiger partial charge in [-0.2, -0.15) is 4.98 Å². The summed E-state index contributed by atoms with van der Waals surface area (Å²) in [7, 11) is 0. The molecule has 0 aliphatic carbocycles. The summed E-state index contributed by atoms with van der Waals surface area (Å²) >= 11 is 6.19. The van der Waals surface area contributed by atoms with Crippen LogP contribution in [0, 0.1) is 0 Å². The molecule has 0 aliphatic rings. The Kier molecular flexibility index (Phi) is 6.44. The Morgan fingerprint density at radius 3 is 2.43 bits per heavy atom. The van der Waals surface area contributed by atoms with E-state index in [1.807, 2.05) is 18.2 Å². The number of amides is 2. The lowest BCUT2D eigenvalue weighted by Crippen LogP contribution is -2.31. The normalized spacial score (nSPS) is 11.8. The molecule has 154 valence electrons. The molecule has 0 unspecified atom stereocenters. The number of nitrogens with one attached hydrogen (secondary N) is 1. The lowest BCUT2D eigenvalue weighted by atomic mass is 10.1. The number of carbonyl (C=O) groups excluding carboxylic acids is 1. The predicted molar refractivity (Wildman–Crippen MR) is 120 cm³/mol. The lowest BCUT2D eigenvalue weighted by molar-refractivity contribution is 0.153. The van der Waals surface area contributed by atoms with Crippen molar-refractivity contribution in [2.45, 2.75) is 26.4 Å². The Labute approximate surface area is 180 Å². The van der Waals surface area contributed by atoms with Crippen molar-refractivity contribution in [3.8, 4) is 0 Å². The first-order valence-corrected chi connectivity index (χ1v) is 9.65. The maximum absolute atomic E-state index is 13.2. The number of halogens is 1. The second-order valence-electron chi connectivity index (χ2n) is 7.05. The minimum Gasteiger partial charge on any atom is -0.385 e. The number of para-hydroxylation sites is 2. The van der Waals surface area contributed by atoms with Crippen molar-refractivity contribution in [2.75, 3.05) is 10.2 Å². The Bertz CT molecular complexity index is 1060. The third kappa shape index (κ3) is 5.20. The Morgan fingerprint density at radius 2 is 1.77 bits per heavy atom. The summed E-state index contributed by atoms with van der Waals surface area (Å²) in [5.74, 6) is 0.460. The second kappa shape index (κ2) is 9.02. The van der Waals surface area contributed by atoms with E-state index in [4.69, 9.17) is 11.6 Å². The minimum atomic E-state index is -1.11. The van der Waals surface area contributed by atoms with Gasteiger partial charge in [0.25, 0.3) is 5.95 Å². The zero-order valence-electron chi connectivity index (χ0n) is 16.9. The van der Waals surface area contributed by atoms with Gasteiger partial charge in [-0.25, -0.2) is 19.7 Å². The smallest absolute Gasteiger partial charge is 0.332 e. The van der Waals surface area contributed by atoms with Gasteiger partial charge < -0.3 is 10.4 Å². The number of anilines is 3. The molecule has 8 heteroatoms. The van der Waals surface area contributed by atoms with Gasteiger partial charge in [0.1, 0.15) is 5.82 Å². The number of benzene rings is 2. The van der Waals surface area contributed by atoms with E-state index >= 15 is 0 Å². The van der Waals surface area contributed by atoms with Gasteiger partial charge in [0.15, 0.2) is 0 Å². The molecule has 2 amide bonds. The molecule has 0 spiro atoms. The van der Waals surface area contributed by atoms with Crippen LogP contribution in [0.3, 0.4) is 0 Å². The van der Waals surface area contributed by atoms with Crippen LogP contribution in [-0.4, -0.2) is 32.4 Å². The molecule has 2 aromatic carbocycles. The molecule has 1 heterocycles. The van der Waals surface area contributed by atoms with Crippen molar-refractivity contribution >= 4 is 46.5 Å². The molecule has 2 N–H and O–H groups in total. The highest BCUT2D eigenvalue weighted by molar-refractivity contribution is 6.33. The molecule has 3 rings (SSSR count). The standard InChI is InChI=1S/C22H22ClN5O2/c1-15(22(2,3)30)25-20-24-14-13-19(27-20)28(16-9-5-4-6-10-16)21(29)26-18-12-8-7-11-17(18)23/h4-14,30H,1-3H3,(H,26,29). The summed E-state index contributed by atoms with van der Waals surface area (Å²) < 4.78 is 0. The number of rotatable bonds is 5. The third-order valence-corrected chi connectivity index (χ3v) is 4.67. The molecule has 1 aromatic heterocycles. The number of carbonyl (C=O) groups is 1. The average Bonchev–Trinajstić information content (AvgIpc) is 2.70. The third-order valence-electron chi connectivity index (χ3n) is 4.34. The highest BCUT2D eigenvalue weighted by Gasteiger charge is 2.22. The maximum Gasteiger partial charge on any atom is 0.332 e. The average molecular weight is 424 g/mol. The van der Waals surface area contributed by atoms with E-state index in [9.17, 15) is 9.90 Å². The largest absolute Gasteiger partial charge is 0.385 e. The molecule has 0 bridgehead atoms. The molecule has 0 atom stereocenters. The van der Waals surface area contributed by atoms with Crippen molar-refractivity contribution in [3.05, 3.63) is 71.9 Å². The number of nitrogens with zero attached hydrogens (tertiary/aromatic N) is 4. The van der Waals surface area contributed by atoms with Gasteiger partial charge in [0.2, 0.25) is 0 Å². The highest BCUT2D eigenvalue weighted by atomic mass is 35.5. The lowest BCUT2D eigenvalue weighted by Gasteiger charge is -2.23. The van der Waals surface area contributed by atoms with Crippen LogP contribution < -0.4 is 10.2 Å². The van der Waals surface area contributed by atoms with Crippen LogP contribution in [0.1, 0.15) is 20.8 Å². The van der Waals surface area contributed by atoms with E-state index in [1.54, 1.807) is 63.2 Å². The van der Waals surface area contributed by atoms with Crippen LogP contribution >= 0.6 is 11.6 Å². The zero-order chi connectivity index (χ0) is 21.7. The predicted octanol–water partition coefficient (Wildman–Crippen LogP) is 5.36. The van der Waals surface area contributed by atoms with Crippen LogP contribution in [0.15, 0.2) is 71.9 Å². The number of hydrogen-bond donors (Lipinski definition) is 2. The molecule has 0 saturated carbocycles. The molecule has 30 heavy (non-hydrogen) atoms. The Morgan fingerprint density at radius 1 is 1.10 bits per heavy atom. The van der Waals surface area contributed by atoms with E-state index < -0.39 is 11.6 Å². The number of aliphatic hydroxyl groups is 1. The topological polar surface area (TPSA) is 90.7 Å². The van der Waals surface area contributed by atoms with E-state index in [0.29, 0.717) is 27.9 Å². The van der Waals surface area contributed by atoms with Gasteiger partial charge in [0.05, 0.1) is 22.0 Å². The quantitative estimate of drug-likeness (QED) is 0.540. The highest BCUT2D eigenvalue weighted by Crippen LogP contribution is 2.27. The zero-order valence-corrected chi connectivity index (χ0v) is 17.6. The van der Waals surface area contributed by atoms with E-state index in [-0.39, 0.29) is 5.95 Å².